The smallest absolute Gasteiger partial charge is 0.276 e. The van der Waals surface area contributed by atoms with Crippen LogP contribution in [0.3, 0.4) is 0 Å². The first-order valence-electron chi connectivity index (χ1n) is 11.6. The summed E-state index contributed by atoms with van der Waals surface area (Å²) in [4.78, 5) is 23.7. The Labute approximate surface area is 210 Å². The van der Waals surface area contributed by atoms with Gasteiger partial charge in [0.1, 0.15) is 5.76 Å². The zero-order chi connectivity index (χ0) is 25.7. The Balaban J connectivity index is 1.78. The maximum absolute atomic E-state index is 13.4. The van der Waals surface area contributed by atoms with E-state index in [1.165, 1.54) is 13.1 Å². The van der Waals surface area contributed by atoms with Gasteiger partial charge in [-0.3, -0.25) is 4.79 Å². The monoisotopic (exact) mass is 504 g/mol. The summed E-state index contributed by atoms with van der Waals surface area (Å²) >= 11 is 0. The number of aryl methyl sites for hydroxylation is 2. The van der Waals surface area contributed by atoms with Crippen molar-refractivity contribution in [1.82, 2.24) is 9.97 Å². The van der Waals surface area contributed by atoms with Crippen LogP contribution in [-0.4, -0.2) is 30.0 Å². The van der Waals surface area contributed by atoms with E-state index in [2.05, 4.69) is 15.3 Å². The second kappa shape index (κ2) is 10.7. The maximum Gasteiger partial charge on any atom is 0.276 e. The molecule has 0 bridgehead atoms. The number of carbonyl (C=O) groups excluding carboxylic acids is 1. The van der Waals surface area contributed by atoms with Gasteiger partial charge in [-0.05, 0) is 43.7 Å². The number of nitrogens with zero attached hydrogens (tertiary/aromatic N) is 3. The third-order valence-corrected chi connectivity index (χ3v) is 7.20. The van der Waals surface area contributed by atoms with Crippen LogP contribution >= 0.6 is 0 Å². The fraction of sp³-hybridized carbons (Fsp3) is 0.222. The molecule has 2 aromatic heterocycles. The molecular formula is C27H28N4O4S. The molecule has 0 saturated heterocycles. The molecule has 1 amide bonds. The number of hydrogen-bond donors (Lipinski definition) is 1. The molecule has 1 N–H and O–H groups in total. The highest BCUT2D eigenvalue weighted by atomic mass is 32.2. The van der Waals surface area contributed by atoms with Crippen molar-refractivity contribution in [2.75, 3.05) is 16.0 Å². The summed E-state index contributed by atoms with van der Waals surface area (Å²) in [6.45, 7) is 6.23. The SMILES string of the molecule is CCS(=O)(=O)c1ncc(N(Cc2ccc(C)cc2)Cc2ccco2)c(C(=O)Nc2ccc(C)cc2)n1. The lowest BCUT2D eigenvalue weighted by Crippen LogP contribution is -2.27. The number of hydrogen-bond acceptors (Lipinski definition) is 7. The van der Waals surface area contributed by atoms with E-state index in [-0.39, 0.29) is 16.6 Å². The summed E-state index contributed by atoms with van der Waals surface area (Å²) in [6.07, 6.45) is 2.98. The van der Waals surface area contributed by atoms with Crippen LogP contribution in [0.1, 0.15) is 39.9 Å². The Morgan fingerprint density at radius 3 is 2.25 bits per heavy atom. The maximum atomic E-state index is 13.4. The molecule has 0 aliphatic heterocycles. The molecular weight excluding hydrogens is 476 g/mol. The summed E-state index contributed by atoms with van der Waals surface area (Å²) in [5, 5.41) is 2.45. The molecule has 0 fully saturated rings. The molecule has 186 valence electrons. The van der Waals surface area contributed by atoms with Crippen LogP contribution in [0.2, 0.25) is 0 Å². The minimum Gasteiger partial charge on any atom is -0.467 e. The number of amides is 1. The molecule has 36 heavy (non-hydrogen) atoms. The molecule has 0 radical (unpaired) electrons. The van der Waals surface area contributed by atoms with Crippen LogP contribution in [0, 0.1) is 13.8 Å². The van der Waals surface area contributed by atoms with Crippen molar-refractivity contribution < 1.29 is 17.6 Å². The molecule has 9 heteroatoms. The molecule has 8 nitrogen and oxygen atoms in total. The van der Waals surface area contributed by atoms with E-state index in [9.17, 15) is 13.2 Å². The minimum atomic E-state index is -3.73. The second-order valence-corrected chi connectivity index (χ2v) is 10.7. The highest BCUT2D eigenvalue weighted by molar-refractivity contribution is 7.91. The first kappa shape index (κ1) is 25.1. The number of carbonyl (C=O) groups is 1. The van der Waals surface area contributed by atoms with Gasteiger partial charge in [0.05, 0.1) is 30.4 Å². The quantitative estimate of drug-likeness (QED) is 0.322. The number of benzene rings is 2. The van der Waals surface area contributed by atoms with Crippen LogP contribution in [0.15, 0.2) is 82.7 Å². The van der Waals surface area contributed by atoms with Crippen LogP contribution in [0.4, 0.5) is 11.4 Å². The van der Waals surface area contributed by atoms with Gasteiger partial charge in [-0.1, -0.05) is 54.4 Å². The van der Waals surface area contributed by atoms with Gasteiger partial charge in [0.2, 0.25) is 15.0 Å². The molecule has 0 aliphatic carbocycles. The summed E-state index contributed by atoms with van der Waals surface area (Å²) in [7, 11) is -3.73. The van der Waals surface area contributed by atoms with Crippen LogP contribution in [-0.2, 0) is 22.9 Å². The first-order chi connectivity index (χ1) is 17.2. The summed E-state index contributed by atoms with van der Waals surface area (Å²) in [5.41, 5.74) is 4.12. The average molecular weight is 505 g/mol. The molecule has 0 spiro atoms. The van der Waals surface area contributed by atoms with E-state index in [0.29, 0.717) is 30.2 Å². The van der Waals surface area contributed by atoms with Gasteiger partial charge >= 0.3 is 0 Å². The number of anilines is 2. The van der Waals surface area contributed by atoms with Gasteiger partial charge in [0.15, 0.2) is 5.69 Å². The van der Waals surface area contributed by atoms with Crippen molar-refractivity contribution in [3.63, 3.8) is 0 Å². The van der Waals surface area contributed by atoms with E-state index in [4.69, 9.17) is 4.42 Å². The van der Waals surface area contributed by atoms with Gasteiger partial charge in [-0.2, -0.15) is 0 Å². The predicted molar refractivity (Wildman–Crippen MR) is 139 cm³/mol. The van der Waals surface area contributed by atoms with Crippen molar-refractivity contribution in [2.45, 2.75) is 39.0 Å². The lowest BCUT2D eigenvalue weighted by Gasteiger charge is -2.25. The lowest BCUT2D eigenvalue weighted by atomic mass is 10.1. The zero-order valence-electron chi connectivity index (χ0n) is 20.4. The van der Waals surface area contributed by atoms with Crippen LogP contribution in [0.5, 0.6) is 0 Å². The molecule has 4 rings (SSSR count). The Hall–Kier alpha value is -3.98. The second-order valence-electron chi connectivity index (χ2n) is 8.53. The number of rotatable bonds is 9. The Morgan fingerprint density at radius 2 is 1.64 bits per heavy atom. The number of sulfone groups is 1. The summed E-state index contributed by atoms with van der Waals surface area (Å²) in [6, 6.07) is 19.0. The molecule has 0 unspecified atom stereocenters. The van der Waals surface area contributed by atoms with E-state index >= 15 is 0 Å². The Morgan fingerprint density at radius 1 is 0.972 bits per heavy atom. The van der Waals surface area contributed by atoms with Crippen molar-refractivity contribution in [1.29, 1.82) is 0 Å². The predicted octanol–water partition coefficient (Wildman–Crippen LogP) is 4.94. The lowest BCUT2D eigenvalue weighted by molar-refractivity contribution is 0.102. The van der Waals surface area contributed by atoms with Crippen molar-refractivity contribution in [3.8, 4) is 0 Å². The van der Waals surface area contributed by atoms with E-state index in [0.717, 1.165) is 16.7 Å². The number of nitrogens with one attached hydrogen (secondary N) is 1. The topological polar surface area (TPSA) is 105 Å². The molecule has 0 saturated carbocycles. The highest BCUT2D eigenvalue weighted by Gasteiger charge is 2.25. The fourth-order valence-corrected chi connectivity index (χ4v) is 4.30. The third kappa shape index (κ3) is 5.98. The standard InChI is InChI=1S/C27H28N4O4S/c1-4-36(33,34)27-28-16-24(25(30-27)26(32)29-22-13-9-20(3)10-14-22)31(18-23-6-5-15-35-23)17-21-11-7-19(2)8-12-21/h5-16H,4,17-18H2,1-3H3,(H,29,32). The van der Waals surface area contributed by atoms with Crippen molar-refractivity contribution >= 4 is 27.1 Å². The fourth-order valence-electron chi connectivity index (χ4n) is 3.59. The van der Waals surface area contributed by atoms with Gasteiger partial charge in [0, 0.05) is 12.2 Å². The number of furan rings is 1. The van der Waals surface area contributed by atoms with Gasteiger partial charge in [-0.25, -0.2) is 18.4 Å². The molecule has 0 aliphatic rings. The zero-order valence-corrected chi connectivity index (χ0v) is 21.2. The molecule has 0 atom stereocenters. The van der Waals surface area contributed by atoms with E-state index < -0.39 is 15.7 Å². The largest absolute Gasteiger partial charge is 0.467 e. The number of aromatic nitrogens is 2. The highest BCUT2D eigenvalue weighted by Crippen LogP contribution is 2.26. The molecule has 2 heterocycles. The first-order valence-corrected chi connectivity index (χ1v) is 13.2. The van der Waals surface area contributed by atoms with Crippen LogP contribution in [0.25, 0.3) is 0 Å². The Bertz CT molecular complexity index is 1430. The molecule has 4 aromatic rings. The third-order valence-electron chi connectivity index (χ3n) is 5.69. The minimum absolute atomic E-state index is 0.0312. The summed E-state index contributed by atoms with van der Waals surface area (Å²) < 4.78 is 30.7. The van der Waals surface area contributed by atoms with Gasteiger partial charge in [-0.15, -0.1) is 0 Å². The van der Waals surface area contributed by atoms with E-state index in [1.807, 2.05) is 61.2 Å². The average Bonchev–Trinajstić information content (AvgIpc) is 3.39. The van der Waals surface area contributed by atoms with Gasteiger partial charge in [0.25, 0.3) is 5.91 Å². The van der Waals surface area contributed by atoms with Crippen molar-refractivity contribution in [2.24, 2.45) is 0 Å². The van der Waals surface area contributed by atoms with E-state index in [1.54, 1.807) is 24.5 Å². The van der Waals surface area contributed by atoms with Crippen molar-refractivity contribution in [3.05, 3.63) is 101 Å². The van der Waals surface area contributed by atoms with Gasteiger partial charge < -0.3 is 14.6 Å². The Kier molecular flexibility index (Phi) is 7.49. The normalized spacial score (nSPS) is 11.3. The molecule has 2 aromatic carbocycles. The van der Waals surface area contributed by atoms with Crippen LogP contribution < -0.4 is 10.2 Å². The summed E-state index contributed by atoms with van der Waals surface area (Å²) in [5.74, 6) is -0.0281.